The Morgan fingerprint density at radius 2 is 1.75 bits per heavy atom. The summed E-state index contributed by atoms with van der Waals surface area (Å²) < 4.78 is 5.26. The fourth-order valence-corrected chi connectivity index (χ4v) is 1.66. The molecule has 20 heavy (non-hydrogen) atoms. The smallest absolute Gasteiger partial charge is 0.410 e. The first-order chi connectivity index (χ1) is 9.19. The average molecular weight is 298 g/mol. The first-order valence-corrected chi connectivity index (χ1v) is 6.80. The third-order valence-electron chi connectivity index (χ3n) is 2.62. The van der Waals surface area contributed by atoms with Crippen LogP contribution < -0.4 is 0 Å². The molecular weight excluding hydrogens is 278 g/mol. The number of benzene rings is 1. The maximum absolute atomic E-state index is 11.8. The van der Waals surface area contributed by atoms with Crippen molar-refractivity contribution in [2.24, 2.45) is 0 Å². The van der Waals surface area contributed by atoms with E-state index in [1.54, 1.807) is 19.2 Å². The third-order valence-corrected chi connectivity index (χ3v) is 2.84. The lowest BCUT2D eigenvalue weighted by Gasteiger charge is -2.24. The van der Waals surface area contributed by atoms with Gasteiger partial charge in [-0.25, -0.2) is 4.79 Å². The second-order valence-corrected chi connectivity index (χ2v) is 5.97. The van der Waals surface area contributed by atoms with Crippen molar-refractivity contribution >= 4 is 22.9 Å². The van der Waals surface area contributed by atoms with Crippen LogP contribution in [0, 0.1) is 0 Å². The fourth-order valence-electron chi connectivity index (χ4n) is 1.53. The van der Waals surface area contributed by atoms with E-state index in [2.05, 4.69) is 0 Å². The van der Waals surface area contributed by atoms with Gasteiger partial charge in [-0.05, 0) is 56.5 Å². The molecular formula is C15H20ClNO3. The topological polar surface area (TPSA) is 46.6 Å². The highest BCUT2D eigenvalue weighted by Crippen LogP contribution is 2.11. The SMILES string of the molecule is CN(CCc1ccc(C(=O)Cl)cc1)C(=O)OC(C)(C)C. The molecule has 0 aromatic heterocycles. The number of rotatable bonds is 4. The Kier molecular flexibility index (Phi) is 5.57. The molecule has 0 aliphatic carbocycles. The number of carbonyl (C=O) groups excluding carboxylic acids is 2. The zero-order valence-electron chi connectivity index (χ0n) is 12.3. The first-order valence-electron chi connectivity index (χ1n) is 6.42. The molecule has 1 aromatic carbocycles. The van der Waals surface area contributed by atoms with Crippen LogP contribution in [0.2, 0.25) is 0 Å². The van der Waals surface area contributed by atoms with Crippen molar-refractivity contribution < 1.29 is 14.3 Å². The van der Waals surface area contributed by atoms with Gasteiger partial charge in [-0.15, -0.1) is 0 Å². The summed E-state index contributed by atoms with van der Waals surface area (Å²) in [6, 6.07) is 7.02. The zero-order chi connectivity index (χ0) is 15.3. The van der Waals surface area contributed by atoms with E-state index < -0.39 is 10.8 Å². The summed E-state index contributed by atoms with van der Waals surface area (Å²) >= 11 is 5.38. The predicted octanol–water partition coefficient (Wildman–Crippen LogP) is 3.48. The van der Waals surface area contributed by atoms with E-state index in [0.29, 0.717) is 18.5 Å². The second kappa shape index (κ2) is 6.75. The van der Waals surface area contributed by atoms with Crippen LogP contribution >= 0.6 is 11.6 Å². The fraction of sp³-hybridized carbons (Fsp3) is 0.467. The van der Waals surface area contributed by atoms with E-state index >= 15 is 0 Å². The largest absolute Gasteiger partial charge is 0.444 e. The predicted molar refractivity (Wildman–Crippen MR) is 79.2 cm³/mol. The van der Waals surface area contributed by atoms with Gasteiger partial charge in [-0.3, -0.25) is 4.79 Å². The van der Waals surface area contributed by atoms with Crippen LogP contribution in [0.4, 0.5) is 4.79 Å². The summed E-state index contributed by atoms with van der Waals surface area (Å²) in [6.45, 7) is 6.05. The Hall–Kier alpha value is -1.55. The molecule has 0 fully saturated rings. The first kappa shape index (κ1) is 16.5. The Balaban J connectivity index is 2.50. The van der Waals surface area contributed by atoms with Gasteiger partial charge >= 0.3 is 6.09 Å². The lowest BCUT2D eigenvalue weighted by atomic mass is 10.1. The van der Waals surface area contributed by atoms with Crippen LogP contribution in [0.3, 0.4) is 0 Å². The van der Waals surface area contributed by atoms with Gasteiger partial charge in [0, 0.05) is 19.2 Å². The summed E-state index contributed by atoms with van der Waals surface area (Å²) in [7, 11) is 1.70. The maximum Gasteiger partial charge on any atom is 0.410 e. The number of hydrogen-bond donors (Lipinski definition) is 0. The van der Waals surface area contributed by atoms with E-state index in [1.807, 2.05) is 32.9 Å². The van der Waals surface area contributed by atoms with Gasteiger partial charge in [0.05, 0.1) is 0 Å². The Morgan fingerprint density at radius 3 is 2.20 bits per heavy atom. The minimum atomic E-state index is -0.492. The molecule has 0 heterocycles. The summed E-state index contributed by atoms with van der Waals surface area (Å²) in [6.07, 6.45) is 0.344. The van der Waals surface area contributed by atoms with E-state index in [1.165, 1.54) is 4.90 Å². The van der Waals surface area contributed by atoms with Gasteiger partial charge in [-0.1, -0.05) is 12.1 Å². The number of carbonyl (C=O) groups is 2. The van der Waals surface area contributed by atoms with Crippen molar-refractivity contribution in [3.8, 4) is 0 Å². The molecule has 0 spiro atoms. The van der Waals surface area contributed by atoms with Gasteiger partial charge in [0.2, 0.25) is 0 Å². The molecule has 5 heteroatoms. The summed E-state index contributed by atoms with van der Waals surface area (Å²) in [5.41, 5.74) is 1.01. The lowest BCUT2D eigenvalue weighted by molar-refractivity contribution is 0.0300. The molecule has 0 aliphatic heterocycles. The Labute approximate surface area is 124 Å². The van der Waals surface area contributed by atoms with Gasteiger partial charge < -0.3 is 9.64 Å². The zero-order valence-corrected chi connectivity index (χ0v) is 13.0. The summed E-state index contributed by atoms with van der Waals surface area (Å²) in [5.74, 6) is 0. The standard InChI is InChI=1S/C15H20ClNO3/c1-15(2,3)20-14(19)17(4)10-9-11-5-7-12(8-6-11)13(16)18/h5-8H,9-10H2,1-4H3. The summed E-state index contributed by atoms with van der Waals surface area (Å²) in [4.78, 5) is 24.2. The lowest BCUT2D eigenvalue weighted by Crippen LogP contribution is -2.35. The minimum Gasteiger partial charge on any atom is -0.444 e. The quantitative estimate of drug-likeness (QED) is 0.799. The van der Waals surface area contributed by atoms with E-state index in [4.69, 9.17) is 16.3 Å². The van der Waals surface area contributed by atoms with Crippen molar-refractivity contribution in [3.05, 3.63) is 35.4 Å². The number of likely N-dealkylation sites (N-methyl/N-ethyl adjacent to an activating group) is 1. The van der Waals surface area contributed by atoms with Crippen LogP contribution in [0.1, 0.15) is 36.7 Å². The molecule has 1 amide bonds. The number of ether oxygens (including phenoxy) is 1. The number of nitrogens with zero attached hydrogens (tertiary/aromatic N) is 1. The highest BCUT2D eigenvalue weighted by molar-refractivity contribution is 6.67. The van der Waals surface area contributed by atoms with Gasteiger partial charge in [-0.2, -0.15) is 0 Å². The number of hydrogen-bond acceptors (Lipinski definition) is 3. The van der Waals surface area contributed by atoms with Crippen molar-refractivity contribution in [1.29, 1.82) is 0 Å². The maximum atomic E-state index is 11.8. The van der Waals surface area contributed by atoms with Crippen LogP contribution in [-0.4, -0.2) is 35.4 Å². The molecule has 110 valence electrons. The molecule has 0 radical (unpaired) electrons. The molecule has 0 bridgehead atoms. The van der Waals surface area contributed by atoms with Crippen LogP contribution in [0.15, 0.2) is 24.3 Å². The van der Waals surface area contributed by atoms with Gasteiger partial charge in [0.25, 0.3) is 5.24 Å². The molecule has 0 unspecified atom stereocenters. The van der Waals surface area contributed by atoms with Gasteiger partial charge in [0.1, 0.15) is 5.60 Å². The monoisotopic (exact) mass is 297 g/mol. The second-order valence-electron chi connectivity index (χ2n) is 5.62. The average Bonchev–Trinajstić information content (AvgIpc) is 2.34. The van der Waals surface area contributed by atoms with Crippen molar-refractivity contribution in [2.45, 2.75) is 32.8 Å². The molecule has 1 rings (SSSR count). The van der Waals surface area contributed by atoms with E-state index in [9.17, 15) is 9.59 Å². The molecule has 4 nitrogen and oxygen atoms in total. The molecule has 0 atom stereocenters. The normalized spacial score (nSPS) is 11.1. The number of amides is 1. The molecule has 0 aliphatic rings. The molecule has 1 aromatic rings. The Bertz CT molecular complexity index is 477. The van der Waals surface area contributed by atoms with Crippen molar-refractivity contribution in [1.82, 2.24) is 4.90 Å². The highest BCUT2D eigenvalue weighted by atomic mass is 35.5. The van der Waals surface area contributed by atoms with Crippen LogP contribution in [0.25, 0.3) is 0 Å². The van der Waals surface area contributed by atoms with Crippen molar-refractivity contribution in [3.63, 3.8) is 0 Å². The summed E-state index contributed by atoms with van der Waals surface area (Å²) in [5, 5.41) is -0.470. The van der Waals surface area contributed by atoms with Crippen LogP contribution in [0.5, 0.6) is 0 Å². The molecule has 0 saturated carbocycles. The van der Waals surface area contributed by atoms with E-state index in [0.717, 1.165) is 5.56 Å². The Morgan fingerprint density at radius 1 is 1.20 bits per heavy atom. The van der Waals surface area contributed by atoms with Crippen LogP contribution in [-0.2, 0) is 11.2 Å². The third kappa shape index (κ3) is 5.61. The van der Waals surface area contributed by atoms with E-state index in [-0.39, 0.29) is 6.09 Å². The molecule has 0 saturated heterocycles. The van der Waals surface area contributed by atoms with Crippen molar-refractivity contribution in [2.75, 3.05) is 13.6 Å². The molecule has 0 N–H and O–H groups in total. The van der Waals surface area contributed by atoms with Gasteiger partial charge in [0.15, 0.2) is 0 Å². The minimum absolute atomic E-state index is 0.343. The highest BCUT2D eigenvalue weighted by Gasteiger charge is 2.19. The number of halogens is 1.